The van der Waals surface area contributed by atoms with Crippen LogP contribution >= 0.6 is 0 Å². The molecule has 0 aliphatic rings. The summed E-state index contributed by atoms with van der Waals surface area (Å²) in [6.07, 6.45) is 46.6. The summed E-state index contributed by atoms with van der Waals surface area (Å²) in [5.74, 6) is 1.66. The molecule has 0 saturated heterocycles. The molecule has 0 amide bonds. The molecule has 0 bridgehead atoms. The SMILES string of the molecule is CCC(C)CCCCCCCCCCC(=O)OC[C@H](COC(=O)CCCCCCCCCCCCCCCCCC(C)C)OC(=O)CCCCCCCCCCCCC(C)C. The van der Waals surface area contributed by atoms with E-state index in [0.717, 1.165) is 75.5 Å². The average Bonchev–Trinajstić information content (AvgIpc) is 3.23. The second kappa shape index (κ2) is 46.4. The van der Waals surface area contributed by atoms with Crippen LogP contribution in [0.25, 0.3) is 0 Å². The van der Waals surface area contributed by atoms with Gasteiger partial charge in [-0.25, -0.2) is 0 Å². The van der Waals surface area contributed by atoms with Crippen molar-refractivity contribution in [3.63, 3.8) is 0 Å². The molecule has 2 atom stereocenters. The van der Waals surface area contributed by atoms with Gasteiger partial charge in [-0.15, -0.1) is 0 Å². The van der Waals surface area contributed by atoms with Crippen LogP contribution < -0.4 is 0 Å². The molecule has 0 spiro atoms. The van der Waals surface area contributed by atoms with Gasteiger partial charge in [0.2, 0.25) is 0 Å². The zero-order valence-electron chi connectivity index (χ0n) is 42.0. The van der Waals surface area contributed by atoms with Crippen molar-refractivity contribution in [1.82, 2.24) is 0 Å². The maximum atomic E-state index is 12.8. The fourth-order valence-corrected chi connectivity index (χ4v) is 8.26. The Morgan fingerprint density at radius 2 is 0.574 bits per heavy atom. The third-order valence-corrected chi connectivity index (χ3v) is 12.8. The Hall–Kier alpha value is -1.59. The minimum absolute atomic E-state index is 0.0645. The molecule has 0 aromatic heterocycles. The Morgan fingerprint density at radius 1 is 0.328 bits per heavy atom. The third kappa shape index (κ3) is 47.7. The first-order valence-corrected chi connectivity index (χ1v) is 27.1. The first-order chi connectivity index (χ1) is 29.6. The fraction of sp³-hybridized carbons (Fsp3) is 0.945. The summed E-state index contributed by atoms with van der Waals surface area (Å²) < 4.78 is 16.8. The number of unbranched alkanes of at least 4 members (excludes halogenated alkanes) is 30. The van der Waals surface area contributed by atoms with Crippen molar-refractivity contribution in [1.29, 1.82) is 0 Å². The summed E-state index contributed by atoms with van der Waals surface area (Å²) in [5.41, 5.74) is 0. The van der Waals surface area contributed by atoms with Gasteiger partial charge in [0, 0.05) is 19.3 Å². The molecular weight excluding hydrogens is 757 g/mol. The molecular formula is C55H106O6. The lowest BCUT2D eigenvalue weighted by Gasteiger charge is -2.18. The normalized spacial score (nSPS) is 12.6. The van der Waals surface area contributed by atoms with Gasteiger partial charge in [0.25, 0.3) is 0 Å². The van der Waals surface area contributed by atoms with E-state index < -0.39 is 6.10 Å². The Morgan fingerprint density at radius 3 is 0.852 bits per heavy atom. The van der Waals surface area contributed by atoms with E-state index in [1.165, 1.54) is 180 Å². The Balaban J connectivity index is 4.29. The van der Waals surface area contributed by atoms with Crippen molar-refractivity contribution in [3.8, 4) is 0 Å². The minimum Gasteiger partial charge on any atom is -0.462 e. The summed E-state index contributed by atoms with van der Waals surface area (Å²) in [6.45, 7) is 13.7. The number of carbonyl (C=O) groups is 3. The van der Waals surface area contributed by atoms with Crippen LogP contribution in [-0.2, 0) is 28.6 Å². The summed E-state index contributed by atoms with van der Waals surface area (Å²) >= 11 is 0. The predicted octanol–water partition coefficient (Wildman–Crippen LogP) is 17.6. The van der Waals surface area contributed by atoms with E-state index >= 15 is 0 Å². The number of carbonyl (C=O) groups excluding carboxylic acids is 3. The summed E-state index contributed by atoms with van der Waals surface area (Å²) in [7, 11) is 0. The molecule has 0 heterocycles. The lowest BCUT2D eigenvalue weighted by atomic mass is 9.99. The number of hydrogen-bond acceptors (Lipinski definition) is 6. The highest BCUT2D eigenvalue weighted by molar-refractivity contribution is 5.71. The molecule has 1 unspecified atom stereocenters. The van der Waals surface area contributed by atoms with Gasteiger partial charge < -0.3 is 14.2 Å². The Labute approximate surface area is 380 Å². The molecule has 0 radical (unpaired) electrons. The topological polar surface area (TPSA) is 78.9 Å². The van der Waals surface area contributed by atoms with E-state index in [0.29, 0.717) is 19.3 Å². The standard InChI is InChI=1S/C55H106O6/c1-7-51(6)43-37-31-25-21-22-27-33-39-45-54(57)60-48-52(61-55(58)46-40-34-28-20-16-15-18-24-30-36-42-50(4)5)47-59-53(56)44-38-32-26-19-14-12-10-8-9-11-13-17-23-29-35-41-49(2)3/h49-52H,7-48H2,1-6H3/t51?,52-/m0/s1. The number of esters is 3. The molecule has 0 aromatic rings. The van der Waals surface area contributed by atoms with E-state index in [4.69, 9.17) is 14.2 Å². The minimum atomic E-state index is -0.763. The zero-order valence-corrected chi connectivity index (χ0v) is 42.0. The zero-order chi connectivity index (χ0) is 44.9. The molecule has 0 aliphatic heterocycles. The highest BCUT2D eigenvalue weighted by Crippen LogP contribution is 2.18. The van der Waals surface area contributed by atoms with Crippen molar-refractivity contribution >= 4 is 17.9 Å². The average molecular weight is 863 g/mol. The van der Waals surface area contributed by atoms with E-state index in [2.05, 4.69) is 41.5 Å². The number of hydrogen-bond donors (Lipinski definition) is 0. The van der Waals surface area contributed by atoms with E-state index in [1.807, 2.05) is 0 Å². The van der Waals surface area contributed by atoms with Crippen molar-refractivity contribution in [3.05, 3.63) is 0 Å². The Bertz CT molecular complexity index is 947. The lowest BCUT2D eigenvalue weighted by molar-refractivity contribution is -0.167. The van der Waals surface area contributed by atoms with Crippen LogP contribution in [0.3, 0.4) is 0 Å². The maximum Gasteiger partial charge on any atom is 0.306 e. The van der Waals surface area contributed by atoms with E-state index in [1.54, 1.807) is 0 Å². The quantitative estimate of drug-likeness (QED) is 0.0344. The van der Waals surface area contributed by atoms with Crippen LogP contribution in [0.1, 0.15) is 298 Å². The molecule has 0 aromatic carbocycles. The molecule has 61 heavy (non-hydrogen) atoms. The van der Waals surface area contributed by atoms with Gasteiger partial charge in [-0.1, -0.05) is 260 Å². The highest BCUT2D eigenvalue weighted by atomic mass is 16.6. The highest BCUT2D eigenvalue weighted by Gasteiger charge is 2.19. The van der Waals surface area contributed by atoms with Crippen LogP contribution in [0.15, 0.2) is 0 Å². The maximum absolute atomic E-state index is 12.8. The second-order valence-corrected chi connectivity index (χ2v) is 20.1. The van der Waals surface area contributed by atoms with Crippen molar-refractivity contribution in [2.75, 3.05) is 13.2 Å². The van der Waals surface area contributed by atoms with Crippen LogP contribution in [-0.4, -0.2) is 37.2 Å². The predicted molar refractivity (Wildman–Crippen MR) is 261 cm³/mol. The Kier molecular flexibility index (Phi) is 45.2. The van der Waals surface area contributed by atoms with Gasteiger partial charge in [-0.3, -0.25) is 14.4 Å². The lowest BCUT2D eigenvalue weighted by Crippen LogP contribution is -2.30. The molecule has 0 rings (SSSR count). The van der Waals surface area contributed by atoms with E-state index in [9.17, 15) is 14.4 Å². The molecule has 0 N–H and O–H groups in total. The van der Waals surface area contributed by atoms with Crippen LogP contribution in [0.2, 0.25) is 0 Å². The van der Waals surface area contributed by atoms with Gasteiger partial charge in [0.1, 0.15) is 13.2 Å². The summed E-state index contributed by atoms with van der Waals surface area (Å²) in [4.78, 5) is 38.0. The molecule has 0 aliphatic carbocycles. The fourth-order valence-electron chi connectivity index (χ4n) is 8.26. The largest absolute Gasteiger partial charge is 0.462 e. The molecule has 362 valence electrons. The monoisotopic (exact) mass is 863 g/mol. The van der Waals surface area contributed by atoms with Crippen LogP contribution in [0, 0.1) is 17.8 Å². The van der Waals surface area contributed by atoms with Gasteiger partial charge in [-0.05, 0) is 37.0 Å². The van der Waals surface area contributed by atoms with Crippen molar-refractivity contribution in [2.24, 2.45) is 17.8 Å². The summed E-state index contributed by atoms with van der Waals surface area (Å²) in [6, 6.07) is 0. The van der Waals surface area contributed by atoms with Gasteiger partial charge in [0.15, 0.2) is 6.10 Å². The van der Waals surface area contributed by atoms with E-state index in [-0.39, 0.29) is 31.1 Å². The van der Waals surface area contributed by atoms with Gasteiger partial charge in [0.05, 0.1) is 0 Å². The second-order valence-electron chi connectivity index (χ2n) is 20.1. The van der Waals surface area contributed by atoms with Crippen molar-refractivity contribution < 1.29 is 28.6 Å². The molecule has 6 nitrogen and oxygen atoms in total. The smallest absolute Gasteiger partial charge is 0.306 e. The first kappa shape index (κ1) is 59.4. The van der Waals surface area contributed by atoms with Crippen molar-refractivity contribution in [2.45, 2.75) is 304 Å². The number of ether oxygens (including phenoxy) is 3. The van der Waals surface area contributed by atoms with Crippen LogP contribution in [0.5, 0.6) is 0 Å². The van der Waals surface area contributed by atoms with Crippen LogP contribution in [0.4, 0.5) is 0 Å². The molecule has 0 fully saturated rings. The van der Waals surface area contributed by atoms with Gasteiger partial charge in [-0.2, -0.15) is 0 Å². The number of rotatable bonds is 48. The molecule has 6 heteroatoms. The van der Waals surface area contributed by atoms with Gasteiger partial charge >= 0.3 is 17.9 Å². The summed E-state index contributed by atoms with van der Waals surface area (Å²) in [5, 5.41) is 0. The first-order valence-electron chi connectivity index (χ1n) is 27.1. The molecule has 0 saturated carbocycles. The third-order valence-electron chi connectivity index (χ3n) is 12.8.